The molecule has 0 radical (unpaired) electrons. The SMILES string of the molecule is O=C1[C@@H]2C3c4ccccc4C(c4ccccc43)[C@@H]2C(=O)N1/N=C\c1ccc(O)cc1O. The average molecular weight is 410 g/mol. The van der Waals surface area contributed by atoms with Crippen molar-refractivity contribution in [1.29, 1.82) is 0 Å². The van der Waals surface area contributed by atoms with Crippen LogP contribution in [-0.2, 0) is 9.59 Å². The van der Waals surface area contributed by atoms with Gasteiger partial charge in [0.25, 0.3) is 11.8 Å². The van der Waals surface area contributed by atoms with Gasteiger partial charge in [-0.15, -0.1) is 0 Å². The van der Waals surface area contributed by atoms with Crippen LogP contribution in [0.4, 0.5) is 0 Å². The van der Waals surface area contributed by atoms with E-state index in [2.05, 4.69) is 29.4 Å². The monoisotopic (exact) mass is 410 g/mol. The molecule has 4 aliphatic rings. The number of benzene rings is 3. The maximum atomic E-state index is 13.4. The zero-order valence-corrected chi connectivity index (χ0v) is 16.3. The molecule has 1 saturated heterocycles. The number of hydrogen-bond acceptors (Lipinski definition) is 5. The van der Waals surface area contributed by atoms with Crippen LogP contribution in [0.1, 0.15) is 39.7 Å². The number of aromatic hydroxyl groups is 2. The van der Waals surface area contributed by atoms with Crippen LogP contribution in [-0.4, -0.2) is 33.3 Å². The van der Waals surface area contributed by atoms with Crippen LogP contribution in [0.25, 0.3) is 0 Å². The summed E-state index contributed by atoms with van der Waals surface area (Å²) in [6.07, 6.45) is 1.28. The van der Waals surface area contributed by atoms with E-state index in [0.29, 0.717) is 5.56 Å². The first-order valence-electron chi connectivity index (χ1n) is 10.2. The van der Waals surface area contributed by atoms with Crippen molar-refractivity contribution in [1.82, 2.24) is 5.01 Å². The Morgan fingerprint density at radius 1 is 0.742 bits per heavy atom. The fourth-order valence-electron chi connectivity index (χ4n) is 5.54. The minimum atomic E-state index is -0.493. The Morgan fingerprint density at radius 2 is 1.23 bits per heavy atom. The number of nitrogens with zero attached hydrogens (tertiary/aromatic N) is 2. The van der Waals surface area contributed by atoms with Crippen molar-refractivity contribution in [2.75, 3.05) is 0 Å². The van der Waals surface area contributed by atoms with Crippen LogP contribution in [0.15, 0.2) is 71.8 Å². The molecule has 2 amide bonds. The highest BCUT2D eigenvalue weighted by atomic mass is 16.3. The van der Waals surface area contributed by atoms with Gasteiger partial charge in [-0.2, -0.15) is 10.1 Å². The van der Waals surface area contributed by atoms with Crippen LogP contribution >= 0.6 is 0 Å². The minimum absolute atomic E-state index is 0.0823. The van der Waals surface area contributed by atoms with E-state index in [1.807, 2.05) is 24.3 Å². The summed E-state index contributed by atoms with van der Waals surface area (Å²) in [7, 11) is 0. The number of hydrazone groups is 1. The van der Waals surface area contributed by atoms with Crippen molar-refractivity contribution >= 4 is 18.0 Å². The van der Waals surface area contributed by atoms with Crippen LogP contribution in [0.5, 0.6) is 11.5 Å². The van der Waals surface area contributed by atoms with Gasteiger partial charge in [0.1, 0.15) is 11.5 Å². The Labute approximate surface area is 178 Å². The predicted octanol–water partition coefficient (Wildman–Crippen LogP) is 3.32. The number of imide groups is 1. The second-order valence-electron chi connectivity index (χ2n) is 8.24. The lowest BCUT2D eigenvalue weighted by molar-refractivity contribution is -0.139. The van der Waals surface area contributed by atoms with E-state index in [-0.39, 0.29) is 35.1 Å². The molecule has 1 heterocycles. The van der Waals surface area contributed by atoms with Crippen LogP contribution in [0.3, 0.4) is 0 Å². The van der Waals surface area contributed by atoms with Crippen molar-refractivity contribution in [3.63, 3.8) is 0 Å². The van der Waals surface area contributed by atoms with Crippen molar-refractivity contribution in [2.45, 2.75) is 11.8 Å². The van der Waals surface area contributed by atoms with Gasteiger partial charge in [0, 0.05) is 23.5 Å². The minimum Gasteiger partial charge on any atom is -0.508 e. The predicted molar refractivity (Wildman–Crippen MR) is 113 cm³/mol. The topological polar surface area (TPSA) is 90.2 Å². The quantitative estimate of drug-likeness (QED) is 0.501. The third-order valence-electron chi connectivity index (χ3n) is 6.75. The highest BCUT2D eigenvalue weighted by Gasteiger charge is 2.61. The van der Waals surface area contributed by atoms with Gasteiger partial charge >= 0.3 is 0 Å². The molecule has 0 saturated carbocycles. The lowest BCUT2D eigenvalue weighted by Crippen LogP contribution is -2.41. The molecular formula is C25H18N2O4. The first kappa shape index (κ1) is 17.9. The molecule has 1 aliphatic heterocycles. The molecule has 7 rings (SSSR count). The largest absolute Gasteiger partial charge is 0.508 e. The number of phenolic OH excluding ortho intramolecular Hbond substituents is 2. The fourth-order valence-corrected chi connectivity index (χ4v) is 5.54. The van der Waals surface area contributed by atoms with Crippen molar-refractivity contribution in [3.8, 4) is 11.5 Å². The third-order valence-corrected chi connectivity index (χ3v) is 6.75. The van der Waals surface area contributed by atoms with Gasteiger partial charge in [0.05, 0.1) is 18.1 Å². The Bertz CT molecular complexity index is 1180. The Kier molecular flexibility index (Phi) is 3.63. The van der Waals surface area contributed by atoms with E-state index in [9.17, 15) is 19.8 Å². The summed E-state index contributed by atoms with van der Waals surface area (Å²) in [5, 5.41) is 24.6. The second-order valence-corrected chi connectivity index (χ2v) is 8.24. The summed E-state index contributed by atoms with van der Waals surface area (Å²) in [5.41, 5.74) is 4.74. The number of rotatable bonds is 2. The summed E-state index contributed by atoms with van der Waals surface area (Å²) in [5.74, 6) is -2.24. The first-order valence-corrected chi connectivity index (χ1v) is 10.2. The van der Waals surface area contributed by atoms with Gasteiger partial charge in [0.2, 0.25) is 0 Å². The summed E-state index contributed by atoms with van der Waals surface area (Å²) in [6.45, 7) is 0. The van der Waals surface area contributed by atoms with Gasteiger partial charge < -0.3 is 10.2 Å². The molecule has 0 aromatic heterocycles. The molecule has 3 aliphatic carbocycles. The van der Waals surface area contributed by atoms with E-state index in [1.165, 1.54) is 24.4 Å². The highest BCUT2D eigenvalue weighted by molar-refractivity contribution is 6.08. The Morgan fingerprint density at radius 3 is 1.68 bits per heavy atom. The van der Waals surface area contributed by atoms with Crippen LogP contribution in [0, 0.1) is 11.8 Å². The number of hydrogen-bond donors (Lipinski definition) is 2. The van der Waals surface area contributed by atoms with E-state index in [4.69, 9.17) is 0 Å². The molecule has 6 heteroatoms. The number of carbonyl (C=O) groups excluding carboxylic acids is 2. The summed E-state index contributed by atoms with van der Waals surface area (Å²) in [4.78, 5) is 26.8. The van der Waals surface area contributed by atoms with Gasteiger partial charge in [0.15, 0.2) is 0 Å². The van der Waals surface area contributed by atoms with Gasteiger partial charge in [-0.1, -0.05) is 48.5 Å². The molecule has 31 heavy (non-hydrogen) atoms. The first-order chi connectivity index (χ1) is 15.1. The lowest BCUT2D eigenvalue weighted by atomic mass is 9.55. The van der Waals surface area contributed by atoms with Gasteiger partial charge in [-0.05, 0) is 34.4 Å². The fraction of sp³-hybridized carbons (Fsp3) is 0.160. The average Bonchev–Trinajstić information content (AvgIpc) is 3.04. The maximum Gasteiger partial charge on any atom is 0.254 e. The summed E-state index contributed by atoms with van der Waals surface area (Å²) in [6, 6.07) is 20.2. The van der Waals surface area contributed by atoms with Crippen molar-refractivity contribution < 1.29 is 19.8 Å². The molecule has 0 spiro atoms. The zero-order valence-electron chi connectivity index (χ0n) is 16.3. The molecule has 1 fully saturated rings. The smallest absolute Gasteiger partial charge is 0.254 e. The van der Waals surface area contributed by atoms with Crippen molar-refractivity contribution in [2.24, 2.45) is 16.9 Å². The number of amides is 2. The van der Waals surface area contributed by atoms with E-state index >= 15 is 0 Å². The molecule has 2 atom stereocenters. The summed E-state index contributed by atoms with van der Waals surface area (Å²) >= 11 is 0. The Balaban J connectivity index is 1.45. The van der Waals surface area contributed by atoms with Gasteiger partial charge in [-0.25, -0.2) is 0 Å². The second kappa shape index (κ2) is 6.28. The Hall–Kier alpha value is -3.93. The van der Waals surface area contributed by atoms with Crippen LogP contribution < -0.4 is 0 Å². The van der Waals surface area contributed by atoms with Crippen molar-refractivity contribution in [3.05, 3.63) is 94.5 Å². The molecule has 2 N–H and O–H groups in total. The van der Waals surface area contributed by atoms with E-state index in [0.717, 1.165) is 27.3 Å². The molecule has 3 aromatic carbocycles. The lowest BCUT2D eigenvalue weighted by Gasteiger charge is -2.45. The molecule has 6 nitrogen and oxygen atoms in total. The summed E-state index contributed by atoms with van der Waals surface area (Å²) < 4.78 is 0. The zero-order chi connectivity index (χ0) is 21.3. The third kappa shape index (κ3) is 2.36. The molecule has 0 unspecified atom stereocenters. The normalized spacial score (nSPS) is 25.6. The standard InChI is InChI=1S/C25H18N2O4/c28-14-10-9-13(19(29)11-14)12-26-27-24(30)22-20-15-5-1-2-6-16(15)21(23(22)25(27)31)18-8-4-3-7-17(18)20/h1-12,20-23,28-29H/b26-12-/t20?,21?,22-,23+. The molecule has 3 aromatic rings. The number of carbonyl (C=O) groups is 2. The molecule has 152 valence electrons. The number of phenols is 2. The maximum absolute atomic E-state index is 13.4. The van der Waals surface area contributed by atoms with Crippen LogP contribution in [0.2, 0.25) is 0 Å². The highest BCUT2D eigenvalue weighted by Crippen LogP contribution is 2.60. The van der Waals surface area contributed by atoms with E-state index in [1.54, 1.807) is 0 Å². The molecular weight excluding hydrogens is 392 g/mol. The van der Waals surface area contributed by atoms with E-state index < -0.39 is 11.8 Å². The van der Waals surface area contributed by atoms with Gasteiger partial charge in [-0.3, -0.25) is 9.59 Å². The molecule has 2 bridgehead atoms.